The van der Waals surface area contributed by atoms with Crippen molar-refractivity contribution in [3.05, 3.63) is 35.9 Å². The summed E-state index contributed by atoms with van der Waals surface area (Å²) in [6.07, 6.45) is 2.70. The maximum absolute atomic E-state index is 6.07. The molecule has 0 radical (unpaired) electrons. The van der Waals surface area contributed by atoms with E-state index in [0.717, 1.165) is 11.2 Å². The second kappa shape index (κ2) is 6.39. The molecule has 1 aliphatic carbocycles. The van der Waals surface area contributed by atoms with Gasteiger partial charge in [0.2, 0.25) is 0 Å². The average Bonchev–Trinajstić information content (AvgIpc) is 3.37. The normalized spacial score (nSPS) is 23.9. The van der Waals surface area contributed by atoms with Gasteiger partial charge in [0.1, 0.15) is 5.75 Å². The van der Waals surface area contributed by atoms with Crippen LogP contribution in [0.4, 0.5) is 0 Å². The molecule has 0 spiro atoms. The highest BCUT2D eigenvalue weighted by Crippen LogP contribution is 2.43. The van der Waals surface area contributed by atoms with Crippen LogP contribution in [-0.4, -0.2) is 33.2 Å². The molecule has 0 N–H and O–H groups in total. The molecule has 4 rings (SSSR count). The topological polar surface area (TPSA) is 36.9 Å². The zero-order valence-electron chi connectivity index (χ0n) is 14.5. The predicted octanol–water partition coefficient (Wildman–Crippen LogP) is 3.22. The van der Waals surface area contributed by atoms with E-state index in [2.05, 4.69) is 38.1 Å². The van der Waals surface area contributed by atoms with Gasteiger partial charge in [0.05, 0.1) is 12.2 Å². The Bertz CT molecular complexity index is 733. The fourth-order valence-electron chi connectivity index (χ4n) is 3.38. The van der Waals surface area contributed by atoms with Crippen molar-refractivity contribution in [3.63, 3.8) is 0 Å². The summed E-state index contributed by atoms with van der Waals surface area (Å²) in [4.78, 5) is 0. The highest BCUT2D eigenvalue weighted by Gasteiger charge is 2.38. The Morgan fingerprint density at radius 2 is 1.88 bits per heavy atom. The van der Waals surface area contributed by atoms with Gasteiger partial charge in [0.15, 0.2) is 6.79 Å². The molecule has 4 nitrogen and oxygen atoms in total. The minimum absolute atomic E-state index is 0.0849. The smallest absolute Gasteiger partial charge is 0.468 e. The van der Waals surface area contributed by atoms with Crippen molar-refractivity contribution in [3.8, 4) is 5.75 Å². The van der Waals surface area contributed by atoms with Gasteiger partial charge in [0.25, 0.3) is 0 Å². The molecular formula is C19H23BO4. The third-order valence-electron chi connectivity index (χ3n) is 4.97. The Balaban J connectivity index is 1.83. The molecule has 126 valence electrons. The predicted molar refractivity (Wildman–Crippen MR) is 94.9 cm³/mol. The molecule has 2 atom stereocenters. The van der Waals surface area contributed by atoms with Gasteiger partial charge in [-0.3, -0.25) is 0 Å². The van der Waals surface area contributed by atoms with Crippen LogP contribution in [0.3, 0.4) is 0 Å². The van der Waals surface area contributed by atoms with Crippen LogP contribution in [-0.2, 0) is 14.0 Å². The Morgan fingerprint density at radius 3 is 2.54 bits per heavy atom. The zero-order chi connectivity index (χ0) is 16.7. The number of benzene rings is 2. The largest absolute Gasteiger partial charge is 0.495 e. The molecule has 2 aliphatic rings. The first-order valence-corrected chi connectivity index (χ1v) is 8.66. The van der Waals surface area contributed by atoms with E-state index in [4.69, 9.17) is 18.8 Å². The van der Waals surface area contributed by atoms with E-state index >= 15 is 0 Å². The first-order valence-electron chi connectivity index (χ1n) is 8.66. The summed E-state index contributed by atoms with van der Waals surface area (Å²) >= 11 is 0. The van der Waals surface area contributed by atoms with Crippen molar-refractivity contribution in [2.24, 2.45) is 0 Å². The number of rotatable bonds is 5. The molecule has 2 fully saturated rings. The van der Waals surface area contributed by atoms with E-state index in [0.29, 0.717) is 5.92 Å². The molecule has 1 saturated heterocycles. The molecule has 1 saturated carbocycles. The van der Waals surface area contributed by atoms with Gasteiger partial charge in [0, 0.05) is 7.11 Å². The van der Waals surface area contributed by atoms with E-state index in [1.807, 2.05) is 6.07 Å². The fourth-order valence-corrected chi connectivity index (χ4v) is 3.38. The first-order chi connectivity index (χ1) is 11.7. The van der Waals surface area contributed by atoms with Crippen molar-refractivity contribution in [1.82, 2.24) is 0 Å². The second-order valence-electron chi connectivity index (χ2n) is 6.80. The van der Waals surface area contributed by atoms with Crippen molar-refractivity contribution in [2.75, 3.05) is 13.9 Å². The number of fused-ring (bicyclic) bond motifs is 1. The van der Waals surface area contributed by atoms with Crippen LogP contribution in [0.25, 0.3) is 10.8 Å². The van der Waals surface area contributed by atoms with E-state index in [-0.39, 0.29) is 26.1 Å². The Labute approximate surface area is 143 Å². The molecule has 0 bridgehead atoms. The van der Waals surface area contributed by atoms with Gasteiger partial charge >= 0.3 is 7.12 Å². The average molecular weight is 326 g/mol. The lowest BCUT2D eigenvalue weighted by Crippen LogP contribution is -2.34. The molecule has 2 aromatic rings. The van der Waals surface area contributed by atoms with Gasteiger partial charge in [-0.15, -0.1) is 0 Å². The van der Waals surface area contributed by atoms with Crippen molar-refractivity contribution < 1.29 is 18.8 Å². The summed E-state index contributed by atoms with van der Waals surface area (Å²) in [5.74, 6) is 1.45. The molecule has 24 heavy (non-hydrogen) atoms. The number of ether oxygens (including phenoxy) is 2. The van der Waals surface area contributed by atoms with Crippen LogP contribution < -0.4 is 10.2 Å². The van der Waals surface area contributed by atoms with E-state index in [9.17, 15) is 0 Å². The van der Waals surface area contributed by atoms with Gasteiger partial charge in [-0.2, -0.15) is 0 Å². The minimum atomic E-state index is -0.344. The van der Waals surface area contributed by atoms with Crippen molar-refractivity contribution in [1.29, 1.82) is 0 Å². The second-order valence-corrected chi connectivity index (χ2v) is 6.80. The molecular weight excluding hydrogens is 303 g/mol. The van der Waals surface area contributed by atoms with Crippen LogP contribution in [0.2, 0.25) is 0 Å². The third kappa shape index (κ3) is 2.92. The fraction of sp³-hybridized carbons (Fsp3) is 0.474. The Morgan fingerprint density at radius 1 is 1.12 bits per heavy atom. The lowest BCUT2D eigenvalue weighted by molar-refractivity contribution is 0.0513. The highest BCUT2D eigenvalue weighted by molar-refractivity contribution is 6.65. The standard InChI is InChI=1S/C19H23BO4/c1-12-13(2)24-20(23-12)18-10-16(22-11-21-3)9-15-5-4-6-17(19(15)18)14-7-8-14/h4-6,9-10,12-14H,7-8,11H2,1-3H3. The van der Waals surface area contributed by atoms with Crippen LogP contribution in [0, 0.1) is 0 Å². The SMILES string of the molecule is COCOc1cc(B2OC(C)C(C)O2)c2c(C3CC3)cccc2c1. The minimum Gasteiger partial charge on any atom is -0.468 e. The summed E-state index contributed by atoms with van der Waals surface area (Å²) in [6.45, 7) is 4.34. The quantitative estimate of drug-likeness (QED) is 0.624. The Kier molecular flexibility index (Phi) is 4.25. The highest BCUT2D eigenvalue weighted by atomic mass is 16.7. The van der Waals surface area contributed by atoms with Crippen LogP contribution in [0.1, 0.15) is 38.2 Å². The summed E-state index contributed by atoms with van der Waals surface area (Å²) in [6, 6.07) is 10.6. The summed E-state index contributed by atoms with van der Waals surface area (Å²) in [5, 5.41) is 2.43. The Hall–Kier alpha value is -1.56. The zero-order valence-corrected chi connectivity index (χ0v) is 14.5. The summed E-state index contributed by atoms with van der Waals surface area (Å²) in [5.41, 5.74) is 2.47. The lowest BCUT2D eigenvalue weighted by atomic mass is 9.74. The molecule has 5 heteroatoms. The summed E-state index contributed by atoms with van der Waals surface area (Å²) in [7, 11) is 1.28. The molecule has 2 unspecified atom stereocenters. The van der Waals surface area contributed by atoms with E-state index in [1.165, 1.54) is 29.2 Å². The molecule has 2 aromatic carbocycles. The van der Waals surface area contributed by atoms with Crippen LogP contribution in [0.5, 0.6) is 5.75 Å². The maximum atomic E-state index is 6.07. The van der Waals surface area contributed by atoms with Crippen molar-refractivity contribution >= 4 is 23.4 Å². The molecule has 1 aliphatic heterocycles. The number of hydrogen-bond acceptors (Lipinski definition) is 4. The molecule has 0 aromatic heterocycles. The number of methoxy groups -OCH3 is 1. The number of hydrogen-bond donors (Lipinski definition) is 0. The monoisotopic (exact) mass is 326 g/mol. The van der Waals surface area contributed by atoms with Gasteiger partial charge in [-0.25, -0.2) is 0 Å². The first kappa shape index (κ1) is 15.9. The summed E-state index contributed by atoms with van der Waals surface area (Å²) < 4.78 is 22.9. The van der Waals surface area contributed by atoms with Crippen LogP contribution >= 0.6 is 0 Å². The van der Waals surface area contributed by atoms with Crippen molar-refractivity contribution in [2.45, 2.75) is 44.8 Å². The third-order valence-corrected chi connectivity index (χ3v) is 4.97. The van der Waals surface area contributed by atoms with Crippen LogP contribution in [0.15, 0.2) is 30.3 Å². The van der Waals surface area contributed by atoms with Gasteiger partial charge in [-0.05, 0) is 66.5 Å². The maximum Gasteiger partial charge on any atom is 0.495 e. The lowest BCUT2D eigenvalue weighted by Gasteiger charge is -2.16. The van der Waals surface area contributed by atoms with Gasteiger partial charge < -0.3 is 18.8 Å². The molecule has 0 amide bonds. The molecule has 1 heterocycles. The van der Waals surface area contributed by atoms with E-state index < -0.39 is 0 Å². The van der Waals surface area contributed by atoms with E-state index in [1.54, 1.807) is 7.11 Å². The van der Waals surface area contributed by atoms with Gasteiger partial charge in [-0.1, -0.05) is 18.2 Å².